The maximum absolute atomic E-state index is 13.6. The third-order valence-electron chi connectivity index (χ3n) is 8.28. The SMILES string of the molecule is CC1C(N(Cc2ccc(C(=O)NCCC(=O)O)cc2)C(=O)Nc2cc(Cl)cc(Cl)c2)CC2CC1C2(C)C. The Morgan fingerprint density at radius 3 is 2.27 bits per heavy atom. The van der Waals surface area contributed by atoms with Gasteiger partial charge in [0, 0.05) is 40.4 Å². The Morgan fingerprint density at radius 2 is 1.70 bits per heavy atom. The smallest absolute Gasteiger partial charge is 0.322 e. The first-order valence-corrected chi connectivity index (χ1v) is 13.3. The van der Waals surface area contributed by atoms with Crippen LogP contribution in [0.25, 0.3) is 0 Å². The molecule has 2 aromatic carbocycles. The van der Waals surface area contributed by atoms with Crippen LogP contribution in [0.3, 0.4) is 0 Å². The number of carboxylic acid groups (broad SMARTS) is 1. The van der Waals surface area contributed by atoms with Crippen LogP contribution in [0.1, 0.15) is 56.0 Å². The van der Waals surface area contributed by atoms with E-state index in [1.165, 1.54) is 6.42 Å². The summed E-state index contributed by atoms with van der Waals surface area (Å²) in [6.07, 6.45) is 2.01. The molecule has 2 aromatic rings. The van der Waals surface area contributed by atoms with E-state index >= 15 is 0 Å². The fourth-order valence-corrected chi connectivity index (χ4v) is 6.56. The van der Waals surface area contributed by atoms with Crippen LogP contribution in [0.2, 0.25) is 10.0 Å². The van der Waals surface area contributed by atoms with Crippen LogP contribution in [-0.2, 0) is 11.3 Å². The molecule has 4 atom stereocenters. The molecule has 3 saturated carbocycles. The van der Waals surface area contributed by atoms with Crippen molar-refractivity contribution in [1.82, 2.24) is 10.2 Å². The Kier molecular flexibility index (Phi) is 8.05. The van der Waals surface area contributed by atoms with E-state index in [2.05, 4.69) is 31.4 Å². The number of benzene rings is 2. The minimum atomic E-state index is -0.966. The zero-order chi connectivity index (χ0) is 26.9. The Balaban J connectivity index is 1.52. The average molecular weight is 546 g/mol. The molecule has 3 fully saturated rings. The van der Waals surface area contributed by atoms with Crippen molar-refractivity contribution in [3.63, 3.8) is 0 Å². The van der Waals surface area contributed by atoms with E-state index in [0.717, 1.165) is 12.0 Å². The standard InChI is InChI=1S/C28H33Cl2N3O4/c1-16-23-10-19(28(23,2)3)11-24(16)33(27(37)32-22-13-20(29)12-21(30)14-22)15-17-4-6-18(7-5-17)26(36)31-9-8-25(34)35/h4-7,12-14,16,19,23-24H,8-11,15H2,1-3H3,(H,31,36)(H,32,37)(H,34,35). The molecule has 0 radical (unpaired) electrons. The number of carbonyl (C=O) groups is 3. The molecule has 9 heteroatoms. The van der Waals surface area contributed by atoms with E-state index in [1.807, 2.05) is 17.0 Å². The summed E-state index contributed by atoms with van der Waals surface area (Å²) in [6.45, 7) is 7.35. The van der Waals surface area contributed by atoms with Crippen molar-refractivity contribution in [1.29, 1.82) is 0 Å². The van der Waals surface area contributed by atoms with Crippen molar-refractivity contribution in [2.75, 3.05) is 11.9 Å². The third kappa shape index (κ3) is 6.04. The molecule has 3 aliphatic carbocycles. The molecular formula is C28H33Cl2N3O4. The summed E-state index contributed by atoms with van der Waals surface area (Å²) in [6, 6.07) is 11.9. The van der Waals surface area contributed by atoms with Crippen LogP contribution in [-0.4, -0.2) is 40.5 Å². The van der Waals surface area contributed by atoms with Crippen molar-refractivity contribution in [3.8, 4) is 0 Å². The van der Waals surface area contributed by atoms with Gasteiger partial charge in [0.15, 0.2) is 0 Å². The fourth-order valence-electron chi connectivity index (χ4n) is 6.04. The molecule has 7 nitrogen and oxygen atoms in total. The molecular weight excluding hydrogens is 513 g/mol. The Morgan fingerprint density at radius 1 is 1.05 bits per heavy atom. The molecule has 0 aromatic heterocycles. The van der Waals surface area contributed by atoms with E-state index < -0.39 is 5.97 Å². The van der Waals surface area contributed by atoms with Crippen molar-refractivity contribution in [2.45, 2.75) is 52.6 Å². The summed E-state index contributed by atoms with van der Waals surface area (Å²) < 4.78 is 0. The van der Waals surface area contributed by atoms with E-state index in [-0.39, 0.29) is 36.4 Å². The normalized spacial score (nSPS) is 23.5. The van der Waals surface area contributed by atoms with Gasteiger partial charge in [-0.3, -0.25) is 9.59 Å². The Hall–Kier alpha value is -2.77. The number of hydrogen-bond acceptors (Lipinski definition) is 3. The lowest BCUT2D eigenvalue weighted by Crippen LogP contribution is -2.61. The van der Waals surface area contributed by atoms with Gasteiger partial charge < -0.3 is 20.6 Å². The molecule has 4 unspecified atom stereocenters. The number of halogens is 2. The number of carbonyl (C=O) groups excluding carboxylic acids is 2. The Labute approximate surface area is 227 Å². The van der Waals surface area contributed by atoms with E-state index in [0.29, 0.717) is 45.6 Å². The minimum absolute atomic E-state index is 0.0651. The van der Waals surface area contributed by atoms with Crippen molar-refractivity contribution in [2.24, 2.45) is 23.2 Å². The second-order valence-electron chi connectivity index (χ2n) is 10.8. The molecule has 3 amide bonds. The molecule has 0 aliphatic heterocycles. The summed E-state index contributed by atoms with van der Waals surface area (Å²) >= 11 is 12.3. The maximum Gasteiger partial charge on any atom is 0.322 e. The van der Waals surface area contributed by atoms with Gasteiger partial charge in [-0.25, -0.2) is 4.79 Å². The lowest BCUT2D eigenvalue weighted by Gasteiger charge is -2.63. The lowest BCUT2D eigenvalue weighted by atomic mass is 9.44. The first-order valence-electron chi connectivity index (χ1n) is 12.6. The number of rotatable bonds is 8. The highest BCUT2D eigenvalue weighted by molar-refractivity contribution is 6.35. The fraction of sp³-hybridized carbons (Fsp3) is 0.464. The molecule has 2 bridgehead atoms. The van der Waals surface area contributed by atoms with Crippen LogP contribution in [0.4, 0.5) is 10.5 Å². The second kappa shape index (κ2) is 10.9. The molecule has 0 saturated heterocycles. The number of nitrogens with one attached hydrogen (secondary N) is 2. The summed E-state index contributed by atoms with van der Waals surface area (Å²) in [5.41, 5.74) is 2.16. The molecule has 3 aliphatic rings. The molecule has 37 heavy (non-hydrogen) atoms. The zero-order valence-corrected chi connectivity index (χ0v) is 22.8. The van der Waals surface area contributed by atoms with Gasteiger partial charge in [0.25, 0.3) is 5.91 Å². The van der Waals surface area contributed by atoms with Gasteiger partial charge in [-0.15, -0.1) is 0 Å². The number of anilines is 1. The summed E-state index contributed by atoms with van der Waals surface area (Å²) in [4.78, 5) is 38.5. The van der Waals surface area contributed by atoms with Crippen molar-refractivity contribution < 1.29 is 19.5 Å². The minimum Gasteiger partial charge on any atom is -0.481 e. The number of amides is 3. The molecule has 5 rings (SSSR count). The number of nitrogens with zero attached hydrogens (tertiary/aromatic N) is 1. The highest BCUT2D eigenvalue weighted by atomic mass is 35.5. The number of aliphatic carboxylic acids is 1. The number of carboxylic acids is 1. The van der Waals surface area contributed by atoms with Gasteiger partial charge in [-0.05, 0) is 71.9 Å². The van der Waals surface area contributed by atoms with E-state index in [1.54, 1.807) is 30.3 Å². The Bertz CT molecular complexity index is 1160. The molecule has 3 N–H and O–H groups in total. The predicted octanol–water partition coefficient (Wildman–Crippen LogP) is 6.30. The molecule has 0 spiro atoms. The van der Waals surface area contributed by atoms with Gasteiger partial charge >= 0.3 is 12.0 Å². The largest absolute Gasteiger partial charge is 0.481 e. The van der Waals surface area contributed by atoms with E-state index in [9.17, 15) is 14.4 Å². The van der Waals surface area contributed by atoms with Crippen LogP contribution in [0, 0.1) is 23.2 Å². The van der Waals surface area contributed by atoms with Gasteiger partial charge in [-0.1, -0.05) is 56.1 Å². The lowest BCUT2D eigenvalue weighted by molar-refractivity contribution is -0.136. The van der Waals surface area contributed by atoms with Gasteiger partial charge in [0.05, 0.1) is 6.42 Å². The van der Waals surface area contributed by atoms with Crippen LogP contribution in [0.5, 0.6) is 0 Å². The van der Waals surface area contributed by atoms with Crippen molar-refractivity contribution >= 4 is 46.8 Å². The van der Waals surface area contributed by atoms with Crippen molar-refractivity contribution in [3.05, 3.63) is 63.6 Å². The van der Waals surface area contributed by atoms with Crippen LogP contribution < -0.4 is 10.6 Å². The first-order chi connectivity index (χ1) is 17.5. The summed E-state index contributed by atoms with van der Waals surface area (Å²) in [7, 11) is 0. The average Bonchev–Trinajstić information content (AvgIpc) is 2.81. The maximum atomic E-state index is 13.6. The first kappa shape index (κ1) is 27.3. The predicted molar refractivity (Wildman–Crippen MR) is 145 cm³/mol. The molecule has 0 heterocycles. The summed E-state index contributed by atoms with van der Waals surface area (Å²) in [5.74, 6) is 0.180. The zero-order valence-electron chi connectivity index (χ0n) is 21.3. The van der Waals surface area contributed by atoms with Gasteiger partial charge in [0.2, 0.25) is 0 Å². The molecule has 198 valence electrons. The number of hydrogen-bond donors (Lipinski definition) is 3. The van der Waals surface area contributed by atoms with Gasteiger partial charge in [-0.2, -0.15) is 0 Å². The monoisotopic (exact) mass is 545 g/mol. The highest BCUT2D eigenvalue weighted by Crippen LogP contribution is 2.62. The quantitative estimate of drug-likeness (QED) is 0.362. The van der Waals surface area contributed by atoms with Gasteiger partial charge in [0.1, 0.15) is 0 Å². The van der Waals surface area contributed by atoms with Crippen LogP contribution in [0.15, 0.2) is 42.5 Å². The topological polar surface area (TPSA) is 98.7 Å². The summed E-state index contributed by atoms with van der Waals surface area (Å²) in [5, 5.41) is 15.2. The second-order valence-corrected chi connectivity index (χ2v) is 11.7. The van der Waals surface area contributed by atoms with E-state index in [4.69, 9.17) is 28.3 Å². The number of urea groups is 1. The third-order valence-corrected chi connectivity index (χ3v) is 8.72. The van der Waals surface area contributed by atoms with Crippen LogP contribution >= 0.6 is 23.2 Å². The highest BCUT2D eigenvalue weighted by Gasteiger charge is 2.57. The number of fused-ring (bicyclic) bond motifs is 2.